The van der Waals surface area contributed by atoms with Crippen LogP contribution in [-0.4, -0.2) is 31.8 Å². The molecule has 0 amide bonds. The monoisotopic (exact) mass is 233 g/mol. The fourth-order valence-corrected chi connectivity index (χ4v) is 1.58. The fraction of sp³-hybridized carbons (Fsp3) is 0.333. The summed E-state index contributed by atoms with van der Waals surface area (Å²) in [6.07, 6.45) is 2.36. The Morgan fingerprint density at radius 2 is 1.76 bits per heavy atom. The first kappa shape index (κ1) is 11.8. The molecule has 17 heavy (non-hydrogen) atoms. The first-order valence-electron chi connectivity index (χ1n) is 5.50. The van der Waals surface area contributed by atoms with Crippen molar-refractivity contribution in [3.63, 3.8) is 0 Å². The highest BCUT2D eigenvalue weighted by molar-refractivity contribution is 5.22. The van der Waals surface area contributed by atoms with E-state index in [4.69, 9.17) is 10.2 Å². The van der Waals surface area contributed by atoms with Gasteiger partial charge < -0.3 is 10.2 Å². The standard InChI is InChI=1S/C12H15N3O2/c16-6-5-12-8-15(14-13-12)7-10-1-3-11(9-17)4-2-10/h1-4,8,16-17H,5-7,9H2. The number of nitrogens with zero attached hydrogens (tertiary/aromatic N) is 3. The largest absolute Gasteiger partial charge is 0.396 e. The minimum absolute atomic E-state index is 0.0598. The Kier molecular flexibility index (Phi) is 3.85. The van der Waals surface area contributed by atoms with Gasteiger partial charge in [-0.25, -0.2) is 4.68 Å². The molecule has 0 saturated carbocycles. The first-order valence-corrected chi connectivity index (χ1v) is 5.50. The van der Waals surface area contributed by atoms with Crippen molar-refractivity contribution in [3.8, 4) is 0 Å². The van der Waals surface area contributed by atoms with Crippen molar-refractivity contribution in [3.05, 3.63) is 47.3 Å². The molecule has 5 nitrogen and oxygen atoms in total. The molecule has 1 aromatic carbocycles. The molecule has 0 aliphatic carbocycles. The summed E-state index contributed by atoms with van der Waals surface area (Å²) >= 11 is 0. The summed E-state index contributed by atoms with van der Waals surface area (Å²) in [6.45, 7) is 0.790. The highest BCUT2D eigenvalue weighted by Crippen LogP contribution is 2.06. The molecule has 0 aliphatic rings. The summed E-state index contributed by atoms with van der Waals surface area (Å²) in [5.74, 6) is 0. The van der Waals surface area contributed by atoms with Gasteiger partial charge in [0.1, 0.15) is 0 Å². The maximum Gasteiger partial charge on any atom is 0.0850 e. The summed E-state index contributed by atoms with van der Waals surface area (Å²) in [4.78, 5) is 0. The molecule has 2 N–H and O–H groups in total. The lowest BCUT2D eigenvalue weighted by atomic mass is 10.1. The number of aliphatic hydroxyl groups excluding tert-OH is 2. The van der Waals surface area contributed by atoms with Gasteiger partial charge in [0.25, 0.3) is 0 Å². The molecule has 2 aromatic rings. The molecular formula is C12H15N3O2. The summed E-state index contributed by atoms with van der Waals surface area (Å²) in [6, 6.07) is 7.69. The van der Waals surface area contributed by atoms with E-state index in [1.54, 1.807) is 4.68 Å². The van der Waals surface area contributed by atoms with Crippen LogP contribution in [0.2, 0.25) is 0 Å². The molecule has 0 spiro atoms. The first-order chi connectivity index (χ1) is 8.31. The van der Waals surface area contributed by atoms with E-state index in [1.165, 1.54) is 0 Å². The van der Waals surface area contributed by atoms with Crippen molar-refractivity contribution in [2.45, 2.75) is 19.6 Å². The lowest BCUT2D eigenvalue weighted by Crippen LogP contribution is -2.00. The quantitative estimate of drug-likeness (QED) is 0.782. The molecule has 1 heterocycles. The average molecular weight is 233 g/mol. The van der Waals surface area contributed by atoms with E-state index in [9.17, 15) is 0 Å². The number of hydrogen-bond donors (Lipinski definition) is 2. The fourth-order valence-electron chi connectivity index (χ4n) is 1.58. The Labute approximate surface area is 99.3 Å². The van der Waals surface area contributed by atoms with E-state index in [-0.39, 0.29) is 13.2 Å². The van der Waals surface area contributed by atoms with Crippen LogP contribution in [0.4, 0.5) is 0 Å². The lowest BCUT2D eigenvalue weighted by Gasteiger charge is -2.02. The predicted molar refractivity (Wildman–Crippen MR) is 62.3 cm³/mol. The highest BCUT2D eigenvalue weighted by atomic mass is 16.3. The minimum atomic E-state index is 0.0598. The zero-order chi connectivity index (χ0) is 12.1. The maximum absolute atomic E-state index is 8.93. The van der Waals surface area contributed by atoms with E-state index in [1.807, 2.05) is 30.5 Å². The summed E-state index contributed by atoms with van der Waals surface area (Å²) in [5.41, 5.74) is 2.79. The molecule has 0 unspecified atom stereocenters. The zero-order valence-corrected chi connectivity index (χ0v) is 9.45. The van der Waals surface area contributed by atoms with Crippen LogP contribution in [0.25, 0.3) is 0 Å². The number of rotatable bonds is 5. The normalized spacial score (nSPS) is 10.7. The van der Waals surface area contributed by atoms with Crippen LogP contribution < -0.4 is 0 Å². The molecule has 2 rings (SSSR count). The van der Waals surface area contributed by atoms with Crippen LogP contribution in [-0.2, 0) is 19.6 Å². The smallest absolute Gasteiger partial charge is 0.0850 e. The van der Waals surface area contributed by atoms with Gasteiger partial charge in [-0.05, 0) is 11.1 Å². The van der Waals surface area contributed by atoms with Crippen LogP contribution in [0.5, 0.6) is 0 Å². The second kappa shape index (κ2) is 5.56. The van der Waals surface area contributed by atoms with Crippen molar-refractivity contribution in [2.75, 3.05) is 6.61 Å². The predicted octanol–water partition coefficient (Wildman–Crippen LogP) is 0.353. The number of aliphatic hydroxyl groups is 2. The van der Waals surface area contributed by atoms with Gasteiger partial charge in [0.05, 0.1) is 18.8 Å². The van der Waals surface area contributed by atoms with Crippen LogP contribution in [0.1, 0.15) is 16.8 Å². The Balaban J connectivity index is 2.03. The van der Waals surface area contributed by atoms with Gasteiger partial charge in [0, 0.05) is 19.2 Å². The Morgan fingerprint density at radius 1 is 1.06 bits per heavy atom. The Hall–Kier alpha value is -1.72. The summed E-state index contributed by atoms with van der Waals surface area (Å²) < 4.78 is 1.74. The third-order valence-corrected chi connectivity index (χ3v) is 2.50. The van der Waals surface area contributed by atoms with Gasteiger partial charge in [-0.15, -0.1) is 5.10 Å². The highest BCUT2D eigenvalue weighted by Gasteiger charge is 2.01. The topological polar surface area (TPSA) is 71.2 Å². The van der Waals surface area contributed by atoms with E-state index in [0.717, 1.165) is 16.8 Å². The minimum Gasteiger partial charge on any atom is -0.396 e. The third kappa shape index (κ3) is 3.12. The Morgan fingerprint density at radius 3 is 2.41 bits per heavy atom. The summed E-state index contributed by atoms with van der Waals surface area (Å²) in [5, 5.41) is 25.6. The molecule has 0 fully saturated rings. The SMILES string of the molecule is OCCc1cn(Cc2ccc(CO)cc2)nn1. The number of hydrogen-bond acceptors (Lipinski definition) is 4. The van der Waals surface area contributed by atoms with Crippen molar-refractivity contribution in [1.29, 1.82) is 0 Å². The molecule has 0 atom stereocenters. The van der Waals surface area contributed by atoms with Gasteiger partial charge in [0.15, 0.2) is 0 Å². The van der Waals surface area contributed by atoms with Gasteiger partial charge in [-0.3, -0.25) is 0 Å². The number of aromatic nitrogens is 3. The number of benzene rings is 1. The van der Waals surface area contributed by atoms with Crippen molar-refractivity contribution >= 4 is 0 Å². The molecule has 0 bridgehead atoms. The molecule has 0 saturated heterocycles. The van der Waals surface area contributed by atoms with Crippen molar-refractivity contribution in [2.24, 2.45) is 0 Å². The molecule has 90 valence electrons. The molecule has 5 heteroatoms. The molecule has 0 aliphatic heterocycles. The van der Waals surface area contributed by atoms with Crippen LogP contribution in [0, 0.1) is 0 Å². The van der Waals surface area contributed by atoms with Gasteiger partial charge in [-0.2, -0.15) is 0 Å². The van der Waals surface area contributed by atoms with Crippen LogP contribution in [0.3, 0.4) is 0 Å². The van der Waals surface area contributed by atoms with Crippen molar-refractivity contribution in [1.82, 2.24) is 15.0 Å². The lowest BCUT2D eigenvalue weighted by molar-refractivity contribution is 0.282. The van der Waals surface area contributed by atoms with Crippen LogP contribution >= 0.6 is 0 Å². The Bertz CT molecular complexity index is 465. The summed E-state index contributed by atoms with van der Waals surface area (Å²) in [7, 11) is 0. The van der Waals surface area contributed by atoms with E-state index in [2.05, 4.69) is 10.3 Å². The van der Waals surface area contributed by atoms with E-state index < -0.39 is 0 Å². The van der Waals surface area contributed by atoms with E-state index in [0.29, 0.717) is 13.0 Å². The van der Waals surface area contributed by atoms with Gasteiger partial charge in [0.2, 0.25) is 0 Å². The second-order valence-electron chi connectivity index (χ2n) is 3.86. The molecular weight excluding hydrogens is 218 g/mol. The third-order valence-electron chi connectivity index (χ3n) is 2.50. The zero-order valence-electron chi connectivity index (χ0n) is 9.45. The van der Waals surface area contributed by atoms with Gasteiger partial charge >= 0.3 is 0 Å². The molecule has 1 aromatic heterocycles. The second-order valence-corrected chi connectivity index (χ2v) is 3.86. The van der Waals surface area contributed by atoms with Crippen molar-refractivity contribution < 1.29 is 10.2 Å². The van der Waals surface area contributed by atoms with Crippen LogP contribution in [0.15, 0.2) is 30.5 Å². The van der Waals surface area contributed by atoms with E-state index >= 15 is 0 Å². The average Bonchev–Trinajstić information content (AvgIpc) is 2.78. The molecule has 0 radical (unpaired) electrons. The van der Waals surface area contributed by atoms with Gasteiger partial charge in [-0.1, -0.05) is 29.5 Å². The maximum atomic E-state index is 8.93.